The number of anilines is 2. The van der Waals surface area contributed by atoms with E-state index in [-0.39, 0.29) is 17.7 Å². The van der Waals surface area contributed by atoms with Gasteiger partial charge in [-0.3, -0.25) is 9.10 Å². The van der Waals surface area contributed by atoms with Gasteiger partial charge >= 0.3 is 5.97 Å². The predicted molar refractivity (Wildman–Crippen MR) is 114 cm³/mol. The Bertz CT molecular complexity index is 1020. The molecular formula is C20H23ClN2O5S. The lowest BCUT2D eigenvalue weighted by molar-refractivity contribution is -0.117. The minimum Gasteiger partial charge on any atom is -0.465 e. The number of carbonyl (C=O) groups is 2. The number of carbonyl (C=O) groups excluding carboxylic acids is 2. The highest BCUT2D eigenvalue weighted by Gasteiger charge is 2.33. The summed E-state index contributed by atoms with van der Waals surface area (Å²) in [7, 11) is -2.58. The molecule has 0 aliphatic heterocycles. The highest BCUT2D eigenvalue weighted by atomic mass is 35.5. The molecule has 9 heteroatoms. The number of halogens is 1. The summed E-state index contributed by atoms with van der Waals surface area (Å²) in [5.74, 6) is -1.19. The van der Waals surface area contributed by atoms with E-state index in [4.69, 9.17) is 16.3 Å². The fraction of sp³-hybridized carbons (Fsp3) is 0.300. The predicted octanol–water partition coefficient (Wildman–Crippen LogP) is 3.62. The van der Waals surface area contributed by atoms with Gasteiger partial charge in [0.1, 0.15) is 6.04 Å². The monoisotopic (exact) mass is 438 g/mol. The molecule has 7 nitrogen and oxygen atoms in total. The Kier molecular flexibility index (Phi) is 7.26. The van der Waals surface area contributed by atoms with E-state index in [0.29, 0.717) is 16.3 Å². The third kappa shape index (κ3) is 5.27. The molecule has 0 heterocycles. The Labute approximate surface area is 175 Å². The first kappa shape index (κ1) is 22.7. The van der Waals surface area contributed by atoms with Gasteiger partial charge in [0.25, 0.3) is 0 Å². The number of methoxy groups -OCH3 is 1. The quantitative estimate of drug-likeness (QED) is 0.666. The van der Waals surface area contributed by atoms with Crippen LogP contribution in [0.3, 0.4) is 0 Å². The molecule has 0 saturated heterocycles. The number of nitrogens with one attached hydrogen (secondary N) is 1. The number of hydrogen-bond acceptors (Lipinski definition) is 5. The van der Waals surface area contributed by atoms with Crippen molar-refractivity contribution < 1.29 is 22.7 Å². The van der Waals surface area contributed by atoms with Crippen LogP contribution in [-0.2, 0) is 19.6 Å². The highest BCUT2D eigenvalue weighted by Crippen LogP contribution is 2.30. The molecule has 0 saturated carbocycles. The van der Waals surface area contributed by atoms with Crippen LogP contribution >= 0.6 is 11.6 Å². The van der Waals surface area contributed by atoms with Gasteiger partial charge in [-0.25, -0.2) is 13.2 Å². The van der Waals surface area contributed by atoms with E-state index in [9.17, 15) is 18.0 Å². The topological polar surface area (TPSA) is 92.8 Å². The van der Waals surface area contributed by atoms with Gasteiger partial charge in [-0.05, 0) is 43.2 Å². The lowest BCUT2D eigenvalue weighted by atomic mass is 10.1. The van der Waals surface area contributed by atoms with Crippen LogP contribution in [-0.4, -0.2) is 39.7 Å². The number of rotatable bonds is 7. The van der Waals surface area contributed by atoms with E-state index in [2.05, 4.69) is 5.32 Å². The van der Waals surface area contributed by atoms with Crippen LogP contribution in [0.15, 0.2) is 42.5 Å². The molecule has 0 fully saturated rings. The lowest BCUT2D eigenvalue weighted by Crippen LogP contribution is -2.47. The second-order valence-corrected chi connectivity index (χ2v) is 8.74. The summed E-state index contributed by atoms with van der Waals surface area (Å²) < 4.78 is 31.0. The van der Waals surface area contributed by atoms with Gasteiger partial charge in [-0.1, -0.05) is 36.7 Å². The van der Waals surface area contributed by atoms with E-state index >= 15 is 0 Å². The van der Waals surface area contributed by atoms with Crippen molar-refractivity contribution in [1.29, 1.82) is 0 Å². The van der Waals surface area contributed by atoms with Gasteiger partial charge in [0.15, 0.2) is 0 Å². The number of benzene rings is 2. The summed E-state index contributed by atoms with van der Waals surface area (Å²) in [6.07, 6.45) is 1.23. The van der Waals surface area contributed by atoms with Gasteiger partial charge in [-0.2, -0.15) is 0 Å². The fourth-order valence-corrected chi connectivity index (χ4v) is 4.38. The number of hydrogen-bond donors (Lipinski definition) is 1. The molecule has 0 aliphatic rings. The molecule has 2 aromatic rings. The zero-order chi connectivity index (χ0) is 21.8. The first-order chi connectivity index (χ1) is 13.6. The van der Waals surface area contributed by atoms with Gasteiger partial charge in [0.05, 0.1) is 30.3 Å². The van der Waals surface area contributed by atoms with Gasteiger partial charge < -0.3 is 10.1 Å². The summed E-state index contributed by atoms with van der Waals surface area (Å²) >= 11 is 6.07. The number of aryl methyl sites for hydroxylation is 1. The summed E-state index contributed by atoms with van der Waals surface area (Å²) in [6, 6.07) is 10.1. The Morgan fingerprint density at radius 3 is 2.45 bits per heavy atom. The van der Waals surface area contributed by atoms with E-state index in [1.807, 2.05) is 0 Å². The lowest BCUT2D eigenvalue weighted by Gasteiger charge is -2.31. The molecule has 2 rings (SSSR count). The number of ether oxygens (including phenoxy) is 1. The van der Waals surface area contributed by atoms with Crippen molar-refractivity contribution in [2.75, 3.05) is 23.0 Å². The number of sulfonamides is 1. The van der Waals surface area contributed by atoms with E-state index < -0.39 is 27.9 Å². The van der Waals surface area contributed by atoms with Crippen molar-refractivity contribution in [2.24, 2.45) is 0 Å². The van der Waals surface area contributed by atoms with Crippen LogP contribution in [0.25, 0.3) is 0 Å². The maximum absolute atomic E-state index is 13.1. The second-order valence-electron chi connectivity index (χ2n) is 6.44. The molecule has 29 heavy (non-hydrogen) atoms. The Balaban J connectivity index is 2.48. The van der Waals surface area contributed by atoms with Crippen molar-refractivity contribution >= 4 is 44.9 Å². The third-order valence-corrected chi connectivity index (χ3v) is 5.73. The van der Waals surface area contributed by atoms with Gasteiger partial charge in [0.2, 0.25) is 15.9 Å². The number of nitrogens with zero attached hydrogens (tertiary/aromatic N) is 1. The minimum absolute atomic E-state index is 0.169. The van der Waals surface area contributed by atoms with E-state index in [1.165, 1.54) is 19.2 Å². The Morgan fingerprint density at radius 2 is 1.86 bits per heavy atom. The smallest absolute Gasteiger partial charge is 0.339 e. The summed E-state index contributed by atoms with van der Waals surface area (Å²) in [5, 5.41) is 3.01. The highest BCUT2D eigenvalue weighted by molar-refractivity contribution is 7.92. The van der Waals surface area contributed by atoms with E-state index in [1.54, 1.807) is 44.2 Å². The average Bonchev–Trinajstić information content (AvgIpc) is 2.66. The zero-order valence-electron chi connectivity index (χ0n) is 16.6. The Morgan fingerprint density at radius 1 is 1.21 bits per heavy atom. The molecule has 0 radical (unpaired) electrons. The van der Waals surface area contributed by atoms with Gasteiger partial charge in [0, 0.05) is 5.02 Å². The van der Waals surface area contributed by atoms with Crippen LogP contribution in [0, 0.1) is 6.92 Å². The average molecular weight is 439 g/mol. The molecule has 1 N–H and O–H groups in total. The number of esters is 1. The molecule has 1 amide bonds. The summed E-state index contributed by atoms with van der Waals surface area (Å²) in [6.45, 7) is 3.44. The SMILES string of the molecule is CC[C@@H](C(=O)Nc1ccccc1C(=O)OC)N(c1cc(Cl)ccc1C)S(C)(=O)=O. The second kappa shape index (κ2) is 9.28. The van der Waals surface area contributed by atoms with Crippen LogP contribution in [0.1, 0.15) is 29.3 Å². The molecule has 0 bridgehead atoms. The van der Waals surface area contributed by atoms with Gasteiger partial charge in [-0.15, -0.1) is 0 Å². The zero-order valence-corrected chi connectivity index (χ0v) is 18.2. The first-order valence-electron chi connectivity index (χ1n) is 8.83. The Hall–Kier alpha value is -2.58. The minimum atomic E-state index is -3.81. The molecule has 2 aromatic carbocycles. The maximum Gasteiger partial charge on any atom is 0.339 e. The number of amides is 1. The normalized spacial score (nSPS) is 12.2. The van der Waals surface area contributed by atoms with Crippen LogP contribution in [0.4, 0.5) is 11.4 Å². The third-order valence-electron chi connectivity index (χ3n) is 4.33. The standard InChI is InChI=1S/C20H23ClN2O5S/c1-5-17(19(24)22-16-9-7-6-8-15(16)20(25)28-3)23(29(4,26)27)18-12-14(21)11-10-13(18)2/h6-12,17H,5H2,1-4H3,(H,22,24)/t17-/m0/s1. The molecule has 0 spiro atoms. The summed E-state index contributed by atoms with van der Waals surface area (Å²) in [5.41, 5.74) is 1.38. The van der Waals surface area contributed by atoms with Crippen LogP contribution in [0.2, 0.25) is 5.02 Å². The fourth-order valence-electron chi connectivity index (χ4n) is 2.95. The van der Waals surface area contributed by atoms with Crippen LogP contribution in [0.5, 0.6) is 0 Å². The number of para-hydroxylation sites is 1. The molecule has 156 valence electrons. The molecule has 0 unspecified atom stereocenters. The first-order valence-corrected chi connectivity index (χ1v) is 11.1. The maximum atomic E-state index is 13.1. The molecule has 1 atom stereocenters. The van der Waals surface area contributed by atoms with Crippen molar-refractivity contribution in [3.8, 4) is 0 Å². The van der Waals surface area contributed by atoms with Crippen molar-refractivity contribution in [2.45, 2.75) is 26.3 Å². The molecular weight excluding hydrogens is 416 g/mol. The van der Waals surface area contributed by atoms with Crippen molar-refractivity contribution in [1.82, 2.24) is 0 Å². The van der Waals surface area contributed by atoms with Crippen LogP contribution < -0.4 is 9.62 Å². The van der Waals surface area contributed by atoms with E-state index in [0.717, 1.165) is 10.6 Å². The largest absolute Gasteiger partial charge is 0.465 e. The summed E-state index contributed by atoms with van der Waals surface area (Å²) in [4.78, 5) is 25.0. The molecule has 0 aliphatic carbocycles. The van der Waals surface area contributed by atoms with Crippen molar-refractivity contribution in [3.05, 3.63) is 58.6 Å². The molecule has 0 aromatic heterocycles. The van der Waals surface area contributed by atoms with Crippen molar-refractivity contribution in [3.63, 3.8) is 0 Å².